The lowest BCUT2D eigenvalue weighted by atomic mass is 10.2. The molecule has 1 N–H and O–H groups in total. The quantitative estimate of drug-likeness (QED) is 0.553. The number of hydrogen-bond acceptors (Lipinski definition) is 4. The summed E-state index contributed by atoms with van der Waals surface area (Å²) in [5.41, 5.74) is 0.447. The van der Waals surface area contributed by atoms with Crippen molar-refractivity contribution in [1.29, 1.82) is 0 Å². The van der Waals surface area contributed by atoms with Crippen LogP contribution in [0.3, 0.4) is 0 Å². The van der Waals surface area contributed by atoms with Crippen LogP contribution in [0, 0.1) is 0 Å². The molecule has 0 saturated carbocycles. The van der Waals surface area contributed by atoms with Gasteiger partial charge in [-0.3, -0.25) is 4.79 Å². The molecule has 0 aliphatic heterocycles. The van der Waals surface area contributed by atoms with Crippen molar-refractivity contribution in [2.45, 2.75) is 0 Å². The van der Waals surface area contributed by atoms with Crippen LogP contribution in [0.5, 0.6) is 11.5 Å². The molecule has 0 spiro atoms. The Labute approximate surface area is 75.7 Å². The second kappa shape index (κ2) is 4.47. The van der Waals surface area contributed by atoms with Crippen LogP contribution in [-0.2, 0) is 0 Å². The van der Waals surface area contributed by atoms with Gasteiger partial charge in [0, 0.05) is 11.6 Å². The van der Waals surface area contributed by atoms with E-state index in [1.807, 2.05) is 0 Å². The Morgan fingerprint density at radius 3 is 2.62 bits per heavy atom. The second-order valence-corrected chi connectivity index (χ2v) is 2.33. The topological polar surface area (TPSA) is 55.8 Å². The van der Waals surface area contributed by atoms with Gasteiger partial charge in [-0.25, -0.2) is 0 Å². The highest BCUT2D eigenvalue weighted by Crippen LogP contribution is 2.21. The van der Waals surface area contributed by atoms with E-state index < -0.39 is 6.79 Å². The zero-order valence-electron chi connectivity index (χ0n) is 7.19. The van der Waals surface area contributed by atoms with Gasteiger partial charge in [0.25, 0.3) is 0 Å². The third kappa shape index (κ3) is 2.45. The minimum absolute atomic E-state index is 0.406. The maximum atomic E-state index is 10.5. The Kier molecular flexibility index (Phi) is 3.28. The summed E-state index contributed by atoms with van der Waals surface area (Å²) in [6.45, 7) is -0.425. The number of methoxy groups -OCH3 is 1. The van der Waals surface area contributed by atoms with Gasteiger partial charge in [-0.2, -0.15) is 0 Å². The number of carbonyl (C=O) groups is 1. The van der Waals surface area contributed by atoms with E-state index in [0.717, 1.165) is 0 Å². The summed E-state index contributed by atoms with van der Waals surface area (Å²) in [5, 5.41) is 8.50. The predicted molar refractivity (Wildman–Crippen MR) is 46.1 cm³/mol. The number of ether oxygens (including phenoxy) is 2. The Morgan fingerprint density at radius 1 is 1.38 bits per heavy atom. The monoisotopic (exact) mass is 182 g/mol. The summed E-state index contributed by atoms with van der Waals surface area (Å²) in [6, 6.07) is 4.69. The van der Waals surface area contributed by atoms with Gasteiger partial charge in [-0.05, 0) is 12.1 Å². The number of aliphatic hydroxyl groups is 1. The van der Waals surface area contributed by atoms with E-state index in [-0.39, 0.29) is 0 Å². The third-order valence-electron chi connectivity index (χ3n) is 1.51. The van der Waals surface area contributed by atoms with E-state index in [0.29, 0.717) is 23.3 Å². The summed E-state index contributed by atoms with van der Waals surface area (Å²) in [6.07, 6.45) is 0.687. The standard InChI is InChI=1S/C9H10O4/c1-12-8-2-7(5-10)3-9(4-8)13-6-11/h2-5,11H,6H2,1H3. The number of carbonyl (C=O) groups excluding carboxylic acids is 1. The van der Waals surface area contributed by atoms with Gasteiger partial charge in [0.05, 0.1) is 7.11 Å². The Morgan fingerprint density at radius 2 is 2.08 bits per heavy atom. The van der Waals surface area contributed by atoms with E-state index in [4.69, 9.17) is 14.6 Å². The minimum Gasteiger partial charge on any atom is -0.497 e. The first-order valence-electron chi connectivity index (χ1n) is 3.68. The molecule has 4 heteroatoms. The van der Waals surface area contributed by atoms with Crippen molar-refractivity contribution in [2.24, 2.45) is 0 Å². The van der Waals surface area contributed by atoms with Crippen LogP contribution in [0.15, 0.2) is 18.2 Å². The second-order valence-electron chi connectivity index (χ2n) is 2.33. The highest BCUT2D eigenvalue weighted by molar-refractivity contribution is 5.76. The average molecular weight is 182 g/mol. The lowest BCUT2D eigenvalue weighted by Crippen LogP contribution is -1.96. The van der Waals surface area contributed by atoms with E-state index in [1.54, 1.807) is 12.1 Å². The maximum absolute atomic E-state index is 10.5. The summed E-state index contributed by atoms with van der Waals surface area (Å²) in [4.78, 5) is 10.5. The Balaban J connectivity index is 2.99. The van der Waals surface area contributed by atoms with Gasteiger partial charge in [0.15, 0.2) is 6.79 Å². The molecule has 0 unspecified atom stereocenters. The normalized spacial score (nSPS) is 9.38. The van der Waals surface area contributed by atoms with Crippen molar-refractivity contribution < 1.29 is 19.4 Å². The smallest absolute Gasteiger partial charge is 0.186 e. The third-order valence-corrected chi connectivity index (χ3v) is 1.51. The Bertz CT molecular complexity index is 296. The molecule has 0 bridgehead atoms. The fraction of sp³-hybridized carbons (Fsp3) is 0.222. The summed E-state index contributed by atoms with van der Waals surface area (Å²) in [5.74, 6) is 0.928. The summed E-state index contributed by atoms with van der Waals surface area (Å²) in [7, 11) is 1.49. The van der Waals surface area contributed by atoms with Crippen LogP contribution in [0.1, 0.15) is 10.4 Å². The number of rotatable bonds is 4. The van der Waals surface area contributed by atoms with E-state index in [2.05, 4.69) is 0 Å². The van der Waals surface area contributed by atoms with Crippen LogP contribution in [-0.4, -0.2) is 25.3 Å². The molecule has 0 aliphatic carbocycles. The lowest BCUT2D eigenvalue weighted by Gasteiger charge is -2.05. The first-order valence-corrected chi connectivity index (χ1v) is 3.68. The first-order chi connectivity index (χ1) is 6.30. The summed E-state index contributed by atoms with van der Waals surface area (Å²) >= 11 is 0. The highest BCUT2D eigenvalue weighted by atomic mass is 16.6. The summed E-state index contributed by atoms with van der Waals surface area (Å²) < 4.78 is 9.73. The van der Waals surface area contributed by atoms with Crippen LogP contribution in [0.2, 0.25) is 0 Å². The fourth-order valence-electron chi connectivity index (χ4n) is 0.938. The number of aldehydes is 1. The van der Waals surface area contributed by atoms with Crippen LogP contribution in [0.25, 0.3) is 0 Å². The molecular formula is C9H10O4. The molecule has 1 aromatic rings. The van der Waals surface area contributed by atoms with Crippen molar-refractivity contribution in [2.75, 3.05) is 13.9 Å². The average Bonchev–Trinajstić information content (AvgIpc) is 2.17. The van der Waals surface area contributed by atoms with Crippen LogP contribution in [0.4, 0.5) is 0 Å². The first kappa shape index (κ1) is 9.54. The van der Waals surface area contributed by atoms with Crippen molar-refractivity contribution >= 4 is 6.29 Å². The van der Waals surface area contributed by atoms with E-state index >= 15 is 0 Å². The van der Waals surface area contributed by atoms with Crippen LogP contribution >= 0.6 is 0 Å². The molecule has 0 atom stereocenters. The van der Waals surface area contributed by atoms with Gasteiger partial charge < -0.3 is 14.6 Å². The van der Waals surface area contributed by atoms with E-state index in [1.165, 1.54) is 13.2 Å². The molecule has 0 heterocycles. The molecule has 0 aromatic heterocycles. The molecule has 70 valence electrons. The van der Waals surface area contributed by atoms with Gasteiger partial charge in [-0.15, -0.1) is 0 Å². The molecule has 0 saturated heterocycles. The molecule has 4 nitrogen and oxygen atoms in total. The molecule has 1 aromatic carbocycles. The largest absolute Gasteiger partial charge is 0.497 e. The van der Waals surface area contributed by atoms with Crippen molar-refractivity contribution in [3.05, 3.63) is 23.8 Å². The lowest BCUT2D eigenvalue weighted by molar-refractivity contribution is 0.0978. The molecule has 13 heavy (non-hydrogen) atoms. The molecule has 0 amide bonds. The van der Waals surface area contributed by atoms with Crippen LogP contribution < -0.4 is 9.47 Å². The van der Waals surface area contributed by atoms with Crippen molar-refractivity contribution in [3.63, 3.8) is 0 Å². The minimum atomic E-state index is -0.425. The molecule has 0 radical (unpaired) electrons. The maximum Gasteiger partial charge on any atom is 0.186 e. The van der Waals surface area contributed by atoms with Gasteiger partial charge in [-0.1, -0.05) is 0 Å². The van der Waals surface area contributed by atoms with E-state index in [9.17, 15) is 4.79 Å². The zero-order valence-corrected chi connectivity index (χ0v) is 7.19. The molecule has 0 aliphatic rings. The number of hydrogen-bond donors (Lipinski definition) is 1. The molecule has 0 fully saturated rings. The zero-order chi connectivity index (χ0) is 9.68. The van der Waals surface area contributed by atoms with Crippen molar-refractivity contribution in [3.8, 4) is 11.5 Å². The molecular weight excluding hydrogens is 172 g/mol. The highest BCUT2D eigenvalue weighted by Gasteiger charge is 2.00. The fourth-order valence-corrected chi connectivity index (χ4v) is 0.938. The predicted octanol–water partition coefficient (Wildman–Crippen LogP) is 0.836. The van der Waals surface area contributed by atoms with Gasteiger partial charge in [0.2, 0.25) is 0 Å². The van der Waals surface area contributed by atoms with Crippen molar-refractivity contribution in [1.82, 2.24) is 0 Å². The SMILES string of the molecule is COc1cc(C=O)cc(OCO)c1. The van der Waals surface area contributed by atoms with Gasteiger partial charge in [0.1, 0.15) is 17.8 Å². The Hall–Kier alpha value is -1.55. The number of aliphatic hydroxyl groups excluding tert-OH is 1. The number of benzene rings is 1. The van der Waals surface area contributed by atoms with Gasteiger partial charge >= 0.3 is 0 Å². The molecule has 1 rings (SSSR count).